The smallest absolute Gasteiger partial charge is 0.283 e. The lowest BCUT2D eigenvalue weighted by atomic mass is 10.2. The molecular weight excluding hydrogens is 537 g/mol. The summed E-state index contributed by atoms with van der Waals surface area (Å²) in [4.78, 5) is 41.4. The Morgan fingerprint density at radius 1 is 0.821 bits per heavy atom. The normalized spacial score (nSPS) is 13.2. The summed E-state index contributed by atoms with van der Waals surface area (Å²) in [7, 11) is 0. The van der Waals surface area contributed by atoms with Gasteiger partial charge in [-0.05, 0) is 79.7 Å². The highest BCUT2D eigenvalue weighted by Crippen LogP contribution is 2.38. The number of carbonyl (C=O) groups excluding carboxylic acids is 3. The third kappa shape index (κ3) is 5.72. The monoisotopic (exact) mass is 557 g/mol. The van der Waals surface area contributed by atoms with E-state index in [-0.39, 0.29) is 22.2 Å². The van der Waals surface area contributed by atoms with Crippen molar-refractivity contribution in [1.82, 2.24) is 0 Å². The number of thioether (sulfide) groups is 1. The molecule has 194 valence electrons. The predicted octanol–water partition coefficient (Wildman–Crippen LogP) is 7.03. The van der Waals surface area contributed by atoms with Crippen LogP contribution in [0.25, 0.3) is 0 Å². The maximum absolute atomic E-state index is 13.5. The number of imide groups is 1. The standard InChI is InChI=1S/C30H21ClFN3O3S/c1-18-6-10-20(11-7-18)33-26-27(30(38)35(29(26)37)22-14-8-19(32)9-15-22)39-23-16-12-21(13-17-23)34-28(36)24-4-2-3-5-25(24)31/h2-17,33H,1H3,(H,34,36). The molecule has 1 heterocycles. The van der Waals surface area contributed by atoms with Crippen molar-refractivity contribution in [2.45, 2.75) is 11.8 Å². The van der Waals surface area contributed by atoms with Crippen LogP contribution in [0.1, 0.15) is 15.9 Å². The predicted molar refractivity (Wildman–Crippen MR) is 152 cm³/mol. The molecule has 5 rings (SSSR count). The van der Waals surface area contributed by atoms with E-state index < -0.39 is 17.6 Å². The van der Waals surface area contributed by atoms with Crippen LogP contribution < -0.4 is 15.5 Å². The Hall–Kier alpha value is -4.40. The Bertz CT molecular complexity index is 1600. The maximum atomic E-state index is 13.5. The van der Waals surface area contributed by atoms with Crippen molar-refractivity contribution >= 4 is 58.1 Å². The largest absolute Gasteiger partial charge is 0.350 e. The average molecular weight is 558 g/mol. The van der Waals surface area contributed by atoms with Crippen LogP contribution in [0.5, 0.6) is 0 Å². The number of hydrogen-bond donors (Lipinski definition) is 2. The first kappa shape index (κ1) is 26.2. The highest BCUT2D eigenvalue weighted by Gasteiger charge is 2.40. The molecule has 0 bridgehead atoms. The molecule has 3 amide bonds. The van der Waals surface area contributed by atoms with Gasteiger partial charge in [-0.3, -0.25) is 14.4 Å². The van der Waals surface area contributed by atoms with Crippen molar-refractivity contribution < 1.29 is 18.8 Å². The van der Waals surface area contributed by atoms with Crippen LogP contribution in [-0.4, -0.2) is 17.7 Å². The molecule has 0 saturated carbocycles. The lowest BCUT2D eigenvalue weighted by Crippen LogP contribution is -2.32. The second-order valence-corrected chi connectivity index (χ2v) is 10.2. The molecule has 1 aliphatic heterocycles. The maximum Gasteiger partial charge on any atom is 0.283 e. The number of carbonyl (C=O) groups is 3. The number of amides is 3. The van der Waals surface area contributed by atoms with Crippen molar-refractivity contribution in [1.29, 1.82) is 0 Å². The number of hydrogen-bond acceptors (Lipinski definition) is 5. The van der Waals surface area contributed by atoms with Gasteiger partial charge in [-0.1, -0.05) is 53.2 Å². The van der Waals surface area contributed by atoms with E-state index in [0.29, 0.717) is 26.9 Å². The average Bonchev–Trinajstić information content (AvgIpc) is 3.15. The Morgan fingerprint density at radius 2 is 1.46 bits per heavy atom. The SMILES string of the molecule is Cc1ccc(NC2=C(Sc3ccc(NC(=O)c4ccccc4Cl)cc3)C(=O)N(c3ccc(F)cc3)C2=O)cc1. The van der Waals surface area contributed by atoms with Crippen LogP contribution in [0.3, 0.4) is 0 Å². The molecule has 0 unspecified atom stereocenters. The first-order valence-corrected chi connectivity index (χ1v) is 13.1. The molecule has 4 aromatic carbocycles. The Labute approximate surface area is 233 Å². The molecule has 2 N–H and O–H groups in total. The first-order valence-electron chi connectivity index (χ1n) is 11.9. The second kappa shape index (κ2) is 11.1. The van der Waals surface area contributed by atoms with E-state index in [4.69, 9.17) is 11.6 Å². The fraction of sp³-hybridized carbons (Fsp3) is 0.0333. The van der Waals surface area contributed by atoms with Gasteiger partial charge >= 0.3 is 0 Å². The molecule has 0 atom stereocenters. The van der Waals surface area contributed by atoms with Crippen LogP contribution in [0.4, 0.5) is 21.5 Å². The molecule has 39 heavy (non-hydrogen) atoms. The van der Waals surface area contributed by atoms with Crippen LogP contribution in [0.2, 0.25) is 5.02 Å². The summed E-state index contributed by atoms with van der Waals surface area (Å²) in [6, 6.07) is 26.2. The van der Waals surface area contributed by atoms with E-state index in [9.17, 15) is 18.8 Å². The van der Waals surface area contributed by atoms with Gasteiger partial charge in [0.15, 0.2) is 0 Å². The zero-order valence-electron chi connectivity index (χ0n) is 20.6. The Morgan fingerprint density at radius 3 is 2.13 bits per heavy atom. The summed E-state index contributed by atoms with van der Waals surface area (Å²) in [5.74, 6) is -1.89. The number of nitrogens with one attached hydrogen (secondary N) is 2. The summed E-state index contributed by atoms with van der Waals surface area (Å²) < 4.78 is 13.5. The molecule has 0 aromatic heterocycles. The minimum absolute atomic E-state index is 0.120. The minimum Gasteiger partial charge on any atom is -0.350 e. The highest BCUT2D eigenvalue weighted by atomic mass is 35.5. The van der Waals surface area contributed by atoms with E-state index in [1.54, 1.807) is 48.5 Å². The molecular formula is C30H21ClFN3O3S. The third-order valence-electron chi connectivity index (χ3n) is 5.90. The van der Waals surface area contributed by atoms with Gasteiger partial charge < -0.3 is 10.6 Å². The second-order valence-electron chi connectivity index (χ2n) is 8.68. The number of rotatable bonds is 7. The molecule has 0 spiro atoms. The summed E-state index contributed by atoms with van der Waals surface area (Å²) >= 11 is 7.24. The summed E-state index contributed by atoms with van der Waals surface area (Å²) in [6.45, 7) is 1.95. The molecule has 9 heteroatoms. The number of nitrogens with zero attached hydrogens (tertiary/aromatic N) is 1. The molecule has 4 aromatic rings. The number of halogens is 2. The molecule has 0 aliphatic carbocycles. The van der Waals surface area contributed by atoms with E-state index in [1.807, 2.05) is 31.2 Å². The van der Waals surface area contributed by atoms with Crippen molar-refractivity contribution in [3.63, 3.8) is 0 Å². The number of anilines is 3. The van der Waals surface area contributed by atoms with Gasteiger partial charge in [0.05, 0.1) is 16.3 Å². The molecule has 6 nitrogen and oxygen atoms in total. The quantitative estimate of drug-likeness (QED) is 0.239. The van der Waals surface area contributed by atoms with E-state index >= 15 is 0 Å². The van der Waals surface area contributed by atoms with Gasteiger partial charge in [0.25, 0.3) is 17.7 Å². The fourth-order valence-electron chi connectivity index (χ4n) is 3.89. The molecule has 1 aliphatic rings. The molecule has 0 saturated heterocycles. The minimum atomic E-state index is -0.543. The van der Waals surface area contributed by atoms with Gasteiger partial charge in [-0.2, -0.15) is 0 Å². The van der Waals surface area contributed by atoms with E-state index in [0.717, 1.165) is 22.2 Å². The van der Waals surface area contributed by atoms with Crippen LogP contribution in [0, 0.1) is 12.7 Å². The van der Waals surface area contributed by atoms with Crippen LogP contribution in [-0.2, 0) is 9.59 Å². The first-order chi connectivity index (χ1) is 18.8. The molecule has 0 fully saturated rings. The van der Waals surface area contributed by atoms with Crippen LogP contribution in [0.15, 0.2) is 113 Å². The lowest BCUT2D eigenvalue weighted by Gasteiger charge is -2.15. The highest BCUT2D eigenvalue weighted by molar-refractivity contribution is 8.04. The van der Waals surface area contributed by atoms with Crippen LogP contribution >= 0.6 is 23.4 Å². The van der Waals surface area contributed by atoms with E-state index in [1.165, 1.54) is 24.3 Å². The summed E-state index contributed by atoms with van der Waals surface area (Å²) in [5.41, 5.74) is 2.97. The van der Waals surface area contributed by atoms with Gasteiger partial charge in [-0.25, -0.2) is 9.29 Å². The summed E-state index contributed by atoms with van der Waals surface area (Å²) in [5, 5.41) is 6.24. The Kier molecular flexibility index (Phi) is 7.49. The van der Waals surface area contributed by atoms with Crippen molar-refractivity contribution in [2.75, 3.05) is 15.5 Å². The number of benzene rings is 4. The third-order valence-corrected chi connectivity index (χ3v) is 7.32. The topological polar surface area (TPSA) is 78.5 Å². The zero-order chi connectivity index (χ0) is 27.5. The number of aryl methyl sites for hydroxylation is 1. The van der Waals surface area contributed by atoms with Gasteiger partial charge in [0.2, 0.25) is 0 Å². The van der Waals surface area contributed by atoms with Gasteiger partial charge in [-0.15, -0.1) is 0 Å². The van der Waals surface area contributed by atoms with E-state index in [2.05, 4.69) is 10.6 Å². The zero-order valence-corrected chi connectivity index (χ0v) is 22.1. The van der Waals surface area contributed by atoms with Gasteiger partial charge in [0.1, 0.15) is 16.4 Å². The van der Waals surface area contributed by atoms with Gasteiger partial charge in [0, 0.05) is 16.3 Å². The van der Waals surface area contributed by atoms with Crippen molar-refractivity contribution in [3.05, 3.63) is 130 Å². The lowest BCUT2D eigenvalue weighted by molar-refractivity contribution is -0.120. The summed E-state index contributed by atoms with van der Waals surface area (Å²) in [6.07, 6.45) is 0. The Balaban J connectivity index is 1.41. The van der Waals surface area contributed by atoms with Crippen molar-refractivity contribution in [2.24, 2.45) is 0 Å². The molecule has 0 radical (unpaired) electrons. The fourth-order valence-corrected chi connectivity index (χ4v) is 5.04. The van der Waals surface area contributed by atoms with Crippen molar-refractivity contribution in [3.8, 4) is 0 Å².